The van der Waals surface area contributed by atoms with Gasteiger partial charge in [0.2, 0.25) is 0 Å². The van der Waals surface area contributed by atoms with E-state index in [9.17, 15) is 9.90 Å². The van der Waals surface area contributed by atoms with Gasteiger partial charge in [-0.1, -0.05) is 12.1 Å². The first-order valence-electron chi connectivity index (χ1n) is 9.99. The maximum Gasteiger partial charge on any atom is 0.254 e. The fourth-order valence-electron chi connectivity index (χ4n) is 4.22. The standard InChI is InChI=1S/C22H23N5O2S/c23-13-14-10-16(12-18(28)11-14)22(29)27-9-2-1-5-17(27)8-7-15-4-3-6-19-20(15)21(24)26-30-25-19/h3-4,6,10-12,17,25,28H,1-2,5,7-9H2,(H2,24,26)/t17-/m1/s1. The fraction of sp³-hybridized carbons (Fsp3) is 0.318. The first-order valence-corrected chi connectivity index (χ1v) is 10.8. The van der Waals surface area contributed by atoms with Crippen LogP contribution < -0.4 is 10.5 Å². The zero-order valence-electron chi connectivity index (χ0n) is 16.5. The summed E-state index contributed by atoms with van der Waals surface area (Å²) in [6.45, 7) is 0.676. The van der Waals surface area contributed by atoms with Crippen LogP contribution in [0.4, 0.5) is 5.69 Å². The van der Waals surface area contributed by atoms with Crippen molar-refractivity contribution in [1.82, 2.24) is 4.90 Å². The Hall–Kier alpha value is -3.18. The first kappa shape index (κ1) is 20.1. The molecule has 0 aromatic heterocycles. The normalized spacial score (nSPS) is 18.0. The van der Waals surface area contributed by atoms with Crippen LogP contribution in [0.1, 0.15) is 52.7 Å². The number of phenols is 1. The molecule has 2 aliphatic rings. The summed E-state index contributed by atoms with van der Waals surface area (Å²) in [6, 6.07) is 12.5. The van der Waals surface area contributed by atoms with Gasteiger partial charge in [0.05, 0.1) is 29.5 Å². The molecule has 30 heavy (non-hydrogen) atoms. The molecular weight excluding hydrogens is 398 g/mol. The number of rotatable bonds is 4. The van der Waals surface area contributed by atoms with Crippen LogP contribution in [0.2, 0.25) is 0 Å². The summed E-state index contributed by atoms with van der Waals surface area (Å²) in [5, 5.41) is 19.0. The fourth-order valence-corrected chi connectivity index (χ4v) is 4.72. The molecular formula is C22H23N5O2S. The van der Waals surface area contributed by atoms with E-state index in [-0.39, 0.29) is 23.3 Å². The van der Waals surface area contributed by atoms with E-state index in [0.717, 1.165) is 48.9 Å². The Bertz CT molecular complexity index is 1050. The second kappa shape index (κ2) is 8.67. The van der Waals surface area contributed by atoms with E-state index < -0.39 is 0 Å². The van der Waals surface area contributed by atoms with Gasteiger partial charge in [0.15, 0.2) is 0 Å². The molecule has 2 aromatic carbocycles. The molecule has 154 valence electrons. The zero-order chi connectivity index (χ0) is 21.1. The highest BCUT2D eigenvalue weighted by atomic mass is 32.2. The lowest BCUT2D eigenvalue weighted by Crippen LogP contribution is -2.44. The molecule has 7 nitrogen and oxygen atoms in total. The summed E-state index contributed by atoms with van der Waals surface area (Å²) >= 11 is 1.22. The number of fused-ring (bicyclic) bond motifs is 1. The van der Waals surface area contributed by atoms with Gasteiger partial charge in [0.1, 0.15) is 11.6 Å². The molecule has 0 bridgehead atoms. The number of aryl methyl sites for hydroxylation is 1. The number of nitrogens with two attached hydrogens (primary N) is 1. The third-order valence-corrected chi connectivity index (χ3v) is 6.23. The van der Waals surface area contributed by atoms with Crippen LogP contribution in [-0.2, 0) is 6.42 Å². The number of piperidine rings is 1. The smallest absolute Gasteiger partial charge is 0.254 e. The SMILES string of the molecule is N#Cc1cc(O)cc(C(=O)N2CCCC[C@@H]2CCc2cccc3c2C(N)=NSN3)c1. The van der Waals surface area contributed by atoms with E-state index >= 15 is 0 Å². The third kappa shape index (κ3) is 4.07. The number of hydrogen-bond donors (Lipinski definition) is 3. The minimum Gasteiger partial charge on any atom is -0.508 e. The average molecular weight is 422 g/mol. The lowest BCUT2D eigenvalue weighted by Gasteiger charge is -2.36. The third-order valence-electron chi connectivity index (χ3n) is 5.64. The molecule has 2 aromatic rings. The average Bonchev–Trinajstić information content (AvgIpc) is 2.77. The van der Waals surface area contributed by atoms with Gasteiger partial charge in [-0.2, -0.15) is 9.66 Å². The topological polar surface area (TPSA) is 115 Å². The van der Waals surface area contributed by atoms with Crippen LogP contribution in [0.5, 0.6) is 5.75 Å². The van der Waals surface area contributed by atoms with Gasteiger partial charge in [-0.15, -0.1) is 0 Å². The highest BCUT2D eigenvalue weighted by Gasteiger charge is 2.28. The minimum atomic E-state index is -0.138. The van der Waals surface area contributed by atoms with Crippen molar-refractivity contribution in [2.45, 2.75) is 38.1 Å². The Morgan fingerprint density at radius 2 is 2.23 bits per heavy atom. The Balaban J connectivity index is 1.53. The predicted molar refractivity (Wildman–Crippen MR) is 118 cm³/mol. The lowest BCUT2D eigenvalue weighted by molar-refractivity contribution is 0.0601. The van der Waals surface area contributed by atoms with Gasteiger partial charge < -0.3 is 20.5 Å². The molecule has 0 unspecified atom stereocenters. The largest absolute Gasteiger partial charge is 0.508 e. The van der Waals surface area contributed by atoms with Crippen molar-refractivity contribution >= 4 is 29.6 Å². The van der Waals surface area contributed by atoms with Crippen molar-refractivity contribution in [3.8, 4) is 11.8 Å². The van der Waals surface area contributed by atoms with E-state index in [0.29, 0.717) is 17.9 Å². The van der Waals surface area contributed by atoms with Gasteiger partial charge in [0, 0.05) is 23.7 Å². The number of likely N-dealkylation sites (tertiary alicyclic amines) is 1. The maximum absolute atomic E-state index is 13.2. The van der Waals surface area contributed by atoms with Crippen LogP contribution in [0.25, 0.3) is 0 Å². The van der Waals surface area contributed by atoms with Gasteiger partial charge in [-0.05, 0) is 61.9 Å². The van der Waals surface area contributed by atoms with Crippen LogP contribution in [0, 0.1) is 11.3 Å². The number of nitrogens with one attached hydrogen (secondary N) is 1. The molecule has 1 amide bonds. The van der Waals surface area contributed by atoms with Crippen molar-refractivity contribution in [2.24, 2.45) is 10.1 Å². The van der Waals surface area contributed by atoms with E-state index in [1.54, 1.807) is 6.07 Å². The molecule has 1 saturated heterocycles. The monoisotopic (exact) mass is 421 g/mol. The highest BCUT2D eigenvalue weighted by Crippen LogP contribution is 2.30. The Kier molecular flexibility index (Phi) is 5.81. The highest BCUT2D eigenvalue weighted by molar-refractivity contribution is 7.99. The molecule has 0 saturated carbocycles. The number of amidine groups is 1. The quantitative estimate of drug-likeness (QED) is 0.650. The summed E-state index contributed by atoms with van der Waals surface area (Å²) in [7, 11) is 0. The molecule has 8 heteroatoms. The summed E-state index contributed by atoms with van der Waals surface area (Å²) in [5.74, 6) is 0.313. The lowest BCUT2D eigenvalue weighted by atomic mass is 9.92. The summed E-state index contributed by atoms with van der Waals surface area (Å²) in [4.78, 5) is 15.1. The molecule has 0 aliphatic carbocycles. The van der Waals surface area contributed by atoms with Crippen LogP contribution in [0.15, 0.2) is 40.8 Å². The molecule has 0 radical (unpaired) electrons. The molecule has 4 N–H and O–H groups in total. The summed E-state index contributed by atoms with van der Waals surface area (Å²) < 4.78 is 7.39. The van der Waals surface area contributed by atoms with Crippen molar-refractivity contribution < 1.29 is 9.90 Å². The van der Waals surface area contributed by atoms with E-state index in [1.165, 1.54) is 24.3 Å². The number of aromatic hydroxyl groups is 1. The number of carbonyl (C=O) groups is 1. The summed E-state index contributed by atoms with van der Waals surface area (Å²) in [6.07, 6.45) is 4.55. The second-order valence-electron chi connectivity index (χ2n) is 7.58. The van der Waals surface area contributed by atoms with Gasteiger partial charge >= 0.3 is 0 Å². The van der Waals surface area contributed by atoms with Crippen LogP contribution in [-0.4, -0.2) is 34.3 Å². The van der Waals surface area contributed by atoms with Crippen molar-refractivity contribution in [1.29, 1.82) is 5.26 Å². The Labute approximate surface area is 179 Å². The number of carbonyl (C=O) groups excluding carboxylic acids is 1. The van der Waals surface area contributed by atoms with Crippen LogP contribution >= 0.6 is 12.1 Å². The van der Waals surface area contributed by atoms with Gasteiger partial charge in [-0.25, -0.2) is 0 Å². The van der Waals surface area contributed by atoms with E-state index in [4.69, 9.17) is 11.0 Å². The number of phenolic OH excluding ortho intramolecular Hbond substituents is 1. The van der Waals surface area contributed by atoms with E-state index in [2.05, 4.69) is 15.2 Å². The van der Waals surface area contributed by atoms with Crippen molar-refractivity contribution in [2.75, 3.05) is 11.3 Å². The Morgan fingerprint density at radius 3 is 3.07 bits per heavy atom. The van der Waals surface area contributed by atoms with E-state index in [1.807, 2.05) is 23.1 Å². The number of benzene rings is 2. The molecule has 1 atom stereocenters. The van der Waals surface area contributed by atoms with Gasteiger partial charge in [0.25, 0.3) is 5.91 Å². The van der Waals surface area contributed by atoms with Gasteiger partial charge in [-0.3, -0.25) is 4.79 Å². The van der Waals surface area contributed by atoms with Crippen LogP contribution in [0.3, 0.4) is 0 Å². The van der Waals surface area contributed by atoms with Crippen molar-refractivity contribution in [3.63, 3.8) is 0 Å². The number of anilines is 1. The zero-order valence-corrected chi connectivity index (χ0v) is 17.3. The molecule has 4 rings (SSSR count). The predicted octanol–water partition coefficient (Wildman–Crippen LogP) is 3.59. The Morgan fingerprint density at radius 1 is 1.37 bits per heavy atom. The first-order chi connectivity index (χ1) is 14.6. The number of nitriles is 1. The molecule has 0 spiro atoms. The number of amides is 1. The minimum absolute atomic E-state index is 0.0676. The number of nitrogens with zero attached hydrogens (tertiary/aromatic N) is 3. The second-order valence-corrected chi connectivity index (χ2v) is 8.15. The molecule has 1 fully saturated rings. The van der Waals surface area contributed by atoms with Crippen molar-refractivity contribution in [3.05, 3.63) is 58.7 Å². The summed E-state index contributed by atoms with van der Waals surface area (Å²) in [5.41, 5.74) is 9.78. The molecule has 2 aliphatic heterocycles. The number of hydrogen-bond acceptors (Lipinski definition) is 7. The maximum atomic E-state index is 13.2. The molecule has 2 heterocycles.